The van der Waals surface area contributed by atoms with Crippen LogP contribution >= 0.6 is 0 Å². The quantitative estimate of drug-likeness (QED) is 0.758. The zero-order chi connectivity index (χ0) is 15.3. The summed E-state index contributed by atoms with van der Waals surface area (Å²) >= 11 is 0. The Labute approximate surface area is 129 Å². The van der Waals surface area contributed by atoms with Crippen LogP contribution in [0.1, 0.15) is 52.4 Å². The maximum absolute atomic E-state index is 12.8. The number of amides is 1. The Kier molecular flexibility index (Phi) is 5.67. The molecule has 0 bridgehead atoms. The van der Waals surface area contributed by atoms with Crippen LogP contribution in [0.4, 0.5) is 0 Å². The number of hydrogen-bond acceptors (Lipinski definition) is 3. The molecule has 0 aromatic rings. The van der Waals surface area contributed by atoms with Crippen LogP contribution in [-0.2, 0) is 9.53 Å². The van der Waals surface area contributed by atoms with E-state index in [9.17, 15) is 4.79 Å². The average Bonchev–Trinajstić information content (AvgIpc) is 2.42. The van der Waals surface area contributed by atoms with Gasteiger partial charge in [-0.2, -0.15) is 0 Å². The molecule has 1 aliphatic heterocycles. The van der Waals surface area contributed by atoms with E-state index in [2.05, 4.69) is 24.5 Å². The predicted octanol–water partition coefficient (Wildman–Crippen LogP) is 2.34. The zero-order valence-corrected chi connectivity index (χ0v) is 14.0. The minimum Gasteiger partial charge on any atom is -0.384 e. The molecule has 0 unspecified atom stereocenters. The van der Waals surface area contributed by atoms with Gasteiger partial charge in [0.2, 0.25) is 5.91 Å². The van der Waals surface area contributed by atoms with Gasteiger partial charge in [-0.25, -0.2) is 0 Å². The normalized spacial score (nSPS) is 23.6. The molecule has 1 heterocycles. The van der Waals surface area contributed by atoms with Gasteiger partial charge >= 0.3 is 0 Å². The molecule has 0 radical (unpaired) electrons. The molecule has 4 heteroatoms. The number of nitrogens with one attached hydrogen (secondary N) is 2. The molecule has 0 spiro atoms. The molecule has 1 amide bonds. The number of rotatable bonds is 7. The van der Waals surface area contributed by atoms with E-state index in [0.29, 0.717) is 17.9 Å². The largest absolute Gasteiger partial charge is 0.384 e. The van der Waals surface area contributed by atoms with Gasteiger partial charge in [-0.3, -0.25) is 4.79 Å². The number of piperidine rings is 1. The number of methoxy groups -OCH3 is 1. The summed E-state index contributed by atoms with van der Waals surface area (Å²) < 4.78 is 5.35. The van der Waals surface area contributed by atoms with Crippen LogP contribution in [0.3, 0.4) is 0 Å². The lowest BCUT2D eigenvalue weighted by molar-refractivity contribution is -0.137. The van der Waals surface area contributed by atoms with E-state index in [-0.39, 0.29) is 11.3 Å². The average molecular weight is 296 g/mol. The Morgan fingerprint density at radius 3 is 2.38 bits per heavy atom. The third-order valence-electron chi connectivity index (χ3n) is 5.34. The highest BCUT2D eigenvalue weighted by molar-refractivity contribution is 5.83. The zero-order valence-electron chi connectivity index (χ0n) is 14.0. The molecule has 2 N–H and O–H groups in total. The first-order valence-electron chi connectivity index (χ1n) is 8.50. The molecule has 2 fully saturated rings. The Morgan fingerprint density at radius 2 is 1.90 bits per heavy atom. The van der Waals surface area contributed by atoms with Crippen molar-refractivity contribution in [3.63, 3.8) is 0 Å². The first-order valence-corrected chi connectivity index (χ1v) is 8.50. The minimum atomic E-state index is -0.317. The van der Waals surface area contributed by atoms with E-state index in [4.69, 9.17) is 4.74 Å². The number of ether oxygens (including phenoxy) is 1. The van der Waals surface area contributed by atoms with Crippen LogP contribution < -0.4 is 10.6 Å². The highest BCUT2D eigenvalue weighted by Gasteiger charge is 2.42. The smallest absolute Gasteiger partial charge is 0.228 e. The lowest BCUT2D eigenvalue weighted by Gasteiger charge is -2.44. The summed E-state index contributed by atoms with van der Waals surface area (Å²) in [5.41, 5.74) is 0.0494. The van der Waals surface area contributed by atoms with Crippen molar-refractivity contribution in [2.75, 3.05) is 33.4 Å². The topological polar surface area (TPSA) is 50.4 Å². The van der Waals surface area contributed by atoms with E-state index >= 15 is 0 Å². The minimum absolute atomic E-state index is 0.209. The highest BCUT2D eigenvalue weighted by atomic mass is 16.5. The third kappa shape index (κ3) is 3.98. The van der Waals surface area contributed by atoms with Crippen molar-refractivity contribution in [3.8, 4) is 0 Å². The molecule has 21 heavy (non-hydrogen) atoms. The summed E-state index contributed by atoms with van der Waals surface area (Å²) in [4.78, 5) is 12.8. The van der Waals surface area contributed by atoms with Crippen LogP contribution in [-0.4, -0.2) is 39.3 Å². The molecular formula is C17H32N2O2. The fourth-order valence-electron chi connectivity index (χ4n) is 4.07. The van der Waals surface area contributed by atoms with E-state index in [1.54, 1.807) is 7.11 Å². The van der Waals surface area contributed by atoms with Gasteiger partial charge < -0.3 is 15.4 Å². The summed E-state index contributed by atoms with van der Waals surface area (Å²) in [6.45, 7) is 7.77. The standard InChI is InChI=1S/C17H32N2O2/c1-14(2)11-16(5-4-6-16)12-19-15(20)17(13-21-3)7-9-18-10-8-17/h14,18H,4-13H2,1-3H3,(H,19,20). The summed E-state index contributed by atoms with van der Waals surface area (Å²) in [5, 5.41) is 6.62. The SMILES string of the molecule is COCC1(C(=O)NCC2(CC(C)C)CCC2)CCNCC1. The van der Waals surface area contributed by atoms with Gasteiger partial charge in [0.05, 0.1) is 12.0 Å². The Bertz CT molecular complexity index is 339. The summed E-state index contributed by atoms with van der Waals surface area (Å²) in [5.74, 6) is 0.912. The van der Waals surface area contributed by atoms with Crippen LogP contribution in [0.15, 0.2) is 0 Å². The second-order valence-electron chi connectivity index (χ2n) is 7.60. The highest BCUT2D eigenvalue weighted by Crippen LogP contribution is 2.45. The lowest BCUT2D eigenvalue weighted by atomic mass is 9.64. The molecule has 0 atom stereocenters. The predicted molar refractivity (Wildman–Crippen MR) is 85.2 cm³/mol. The summed E-state index contributed by atoms with van der Waals surface area (Å²) in [6, 6.07) is 0. The Balaban J connectivity index is 1.92. The molecule has 4 nitrogen and oxygen atoms in total. The first-order chi connectivity index (χ1) is 10.0. The van der Waals surface area contributed by atoms with Gasteiger partial charge in [0, 0.05) is 13.7 Å². The number of carbonyl (C=O) groups excluding carboxylic acids is 1. The Hall–Kier alpha value is -0.610. The second-order valence-corrected chi connectivity index (χ2v) is 7.60. The van der Waals surface area contributed by atoms with Crippen molar-refractivity contribution in [1.29, 1.82) is 0 Å². The van der Waals surface area contributed by atoms with Crippen LogP contribution in [0.25, 0.3) is 0 Å². The van der Waals surface area contributed by atoms with Gasteiger partial charge in [-0.05, 0) is 56.5 Å². The Morgan fingerprint density at radius 1 is 1.24 bits per heavy atom. The molecule has 1 saturated carbocycles. The molecule has 122 valence electrons. The maximum Gasteiger partial charge on any atom is 0.228 e. The van der Waals surface area contributed by atoms with Gasteiger partial charge in [0.15, 0.2) is 0 Å². The molecule has 1 aliphatic carbocycles. The van der Waals surface area contributed by atoms with Crippen molar-refractivity contribution in [1.82, 2.24) is 10.6 Å². The second kappa shape index (κ2) is 7.10. The lowest BCUT2D eigenvalue weighted by Crippen LogP contribution is -2.53. The van der Waals surface area contributed by atoms with Crippen LogP contribution in [0, 0.1) is 16.7 Å². The van der Waals surface area contributed by atoms with E-state index in [0.717, 1.165) is 32.5 Å². The number of hydrogen-bond donors (Lipinski definition) is 2. The third-order valence-corrected chi connectivity index (χ3v) is 5.34. The van der Waals surface area contributed by atoms with E-state index < -0.39 is 0 Å². The number of carbonyl (C=O) groups is 1. The van der Waals surface area contributed by atoms with Crippen LogP contribution in [0.5, 0.6) is 0 Å². The van der Waals surface area contributed by atoms with E-state index in [1.807, 2.05) is 0 Å². The van der Waals surface area contributed by atoms with Gasteiger partial charge in [0.1, 0.15) is 0 Å². The molecule has 2 rings (SSSR count). The fourth-order valence-corrected chi connectivity index (χ4v) is 4.07. The molecular weight excluding hydrogens is 264 g/mol. The van der Waals surface area contributed by atoms with Crippen molar-refractivity contribution < 1.29 is 9.53 Å². The van der Waals surface area contributed by atoms with Crippen molar-refractivity contribution in [2.45, 2.75) is 52.4 Å². The maximum atomic E-state index is 12.8. The molecule has 2 aliphatic rings. The van der Waals surface area contributed by atoms with Crippen molar-refractivity contribution in [3.05, 3.63) is 0 Å². The molecule has 0 aromatic heterocycles. The summed E-state index contributed by atoms with van der Waals surface area (Å²) in [7, 11) is 1.70. The van der Waals surface area contributed by atoms with Crippen molar-refractivity contribution in [2.24, 2.45) is 16.7 Å². The van der Waals surface area contributed by atoms with Gasteiger partial charge in [-0.15, -0.1) is 0 Å². The monoisotopic (exact) mass is 296 g/mol. The van der Waals surface area contributed by atoms with Gasteiger partial charge in [0.25, 0.3) is 0 Å². The first kappa shape index (κ1) is 16.8. The molecule has 1 saturated heterocycles. The molecule has 0 aromatic carbocycles. The van der Waals surface area contributed by atoms with Crippen molar-refractivity contribution >= 4 is 5.91 Å². The van der Waals surface area contributed by atoms with E-state index in [1.165, 1.54) is 25.7 Å². The summed E-state index contributed by atoms with van der Waals surface area (Å²) in [6.07, 6.45) is 6.84. The fraction of sp³-hybridized carbons (Fsp3) is 0.941. The van der Waals surface area contributed by atoms with Gasteiger partial charge in [-0.1, -0.05) is 20.3 Å². The van der Waals surface area contributed by atoms with Crippen LogP contribution in [0.2, 0.25) is 0 Å².